The Bertz CT molecular complexity index is 471. The molecule has 19 heavy (non-hydrogen) atoms. The standard InChI is InChI=1S/C15H19N3O/c1-2-3-10-19-15-6-4-13(5-7-15)18-12-14-11-16-8-9-17-14/h4-9,11,18H,2-3,10,12H2,1H3. The van der Waals surface area contributed by atoms with Crippen molar-refractivity contribution in [2.24, 2.45) is 0 Å². The molecule has 1 N–H and O–H groups in total. The smallest absolute Gasteiger partial charge is 0.119 e. The van der Waals surface area contributed by atoms with Crippen LogP contribution < -0.4 is 10.1 Å². The molecule has 2 rings (SSSR count). The van der Waals surface area contributed by atoms with E-state index >= 15 is 0 Å². The summed E-state index contributed by atoms with van der Waals surface area (Å²) < 4.78 is 5.61. The minimum atomic E-state index is 0.671. The van der Waals surface area contributed by atoms with Crippen molar-refractivity contribution in [2.45, 2.75) is 26.3 Å². The molecule has 4 heteroatoms. The molecular weight excluding hydrogens is 238 g/mol. The second-order valence-corrected chi connectivity index (χ2v) is 4.28. The minimum absolute atomic E-state index is 0.671. The van der Waals surface area contributed by atoms with E-state index < -0.39 is 0 Å². The van der Waals surface area contributed by atoms with Crippen LogP contribution in [0.15, 0.2) is 42.9 Å². The normalized spacial score (nSPS) is 10.2. The summed E-state index contributed by atoms with van der Waals surface area (Å²) in [7, 11) is 0. The van der Waals surface area contributed by atoms with Gasteiger partial charge in [-0.25, -0.2) is 0 Å². The average Bonchev–Trinajstić information content (AvgIpc) is 2.48. The lowest BCUT2D eigenvalue weighted by atomic mass is 10.3. The molecule has 100 valence electrons. The van der Waals surface area contributed by atoms with Gasteiger partial charge in [-0.1, -0.05) is 13.3 Å². The molecule has 0 spiro atoms. The number of rotatable bonds is 7. The monoisotopic (exact) mass is 257 g/mol. The molecule has 0 fully saturated rings. The third kappa shape index (κ3) is 4.58. The van der Waals surface area contributed by atoms with E-state index in [0.717, 1.165) is 36.6 Å². The maximum atomic E-state index is 5.61. The summed E-state index contributed by atoms with van der Waals surface area (Å²) in [5.41, 5.74) is 1.97. The SMILES string of the molecule is CCCCOc1ccc(NCc2cnccn2)cc1. The van der Waals surface area contributed by atoms with Crippen LogP contribution in [0.1, 0.15) is 25.5 Å². The molecule has 0 atom stereocenters. The minimum Gasteiger partial charge on any atom is -0.494 e. The van der Waals surface area contributed by atoms with Crippen LogP contribution in [0.4, 0.5) is 5.69 Å². The van der Waals surface area contributed by atoms with E-state index in [-0.39, 0.29) is 0 Å². The Balaban J connectivity index is 1.81. The van der Waals surface area contributed by atoms with Gasteiger partial charge < -0.3 is 10.1 Å². The maximum absolute atomic E-state index is 5.61. The summed E-state index contributed by atoms with van der Waals surface area (Å²) in [6.45, 7) is 3.61. The Morgan fingerprint density at radius 2 is 2.00 bits per heavy atom. The number of anilines is 1. The lowest BCUT2D eigenvalue weighted by Crippen LogP contribution is -2.02. The number of unbranched alkanes of at least 4 members (excludes halogenated alkanes) is 1. The van der Waals surface area contributed by atoms with Gasteiger partial charge in [-0.3, -0.25) is 9.97 Å². The summed E-state index contributed by atoms with van der Waals surface area (Å²) >= 11 is 0. The molecule has 1 aromatic heterocycles. The van der Waals surface area contributed by atoms with Crippen LogP contribution in [0, 0.1) is 0 Å². The summed E-state index contributed by atoms with van der Waals surface area (Å²) in [4.78, 5) is 8.24. The van der Waals surface area contributed by atoms with E-state index in [0.29, 0.717) is 6.54 Å². The Labute approximate surface area is 113 Å². The molecule has 0 amide bonds. The summed E-state index contributed by atoms with van der Waals surface area (Å²) in [6.07, 6.45) is 7.37. The highest BCUT2D eigenvalue weighted by molar-refractivity contribution is 5.46. The van der Waals surface area contributed by atoms with Gasteiger partial charge in [0.2, 0.25) is 0 Å². The number of benzene rings is 1. The lowest BCUT2D eigenvalue weighted by molar-refractivity contribution is 0.309. The number of hydrogen-bond donors (Lipinski definition) is 1. The topological polar surface area (TPSA) is 47.0 Å². The second-order valence-electron chi connectivity index (χ2n) is 4.28. The Kier molecular flexibility index (Phi) is 5.17. The van der Waals surface area contributed by atoms with Crippen molar-refractivity contribution in [1.82, 2.24) is 9.97 Å². The van der Waals surface area contributed by atoms with Crippen molar-refractivity contribution in [1.29, 1.82) is 0 Å². The van der Waals surface area contributed by atoms with Crippen molar-refractivity contribution in [3.63, 3.8) is 0 Å². The molecule has 0 saturated heterocycles. The Hall–Kier alpha value is -2.10. The molecule has 1 aromatic carbocycles. The van der Waals surface area contributed by atoms with Crippen LogP contribution >= 0.6 is 0 Å². The number of hydrogen-bond acceptors (Lipinski definition) is 4. The molecule has 0 aliphatic rings. The third-order valence-corrected chi connectivity index (χ3v) is 2.71. The van der Waals surface area contributed by atoms with Crippen LogP contribution in [-0.4, -0.2) is 16.6 Å². The van der Waals surface area contributed by atoms with Gasteiger partial charge in [-0.05, 0) is 30.7 Å². The number of aromatic nitrogens is 2. The highest BCUT2D eigenvalue weighted by Crippen LogP contribution is 2.16. The molecule has 0 aliphatic carbocycles. The molecule has 0 radical (unpaired) electrons. The fourth-order valence-electron chi connectivity index (χ4n) is 1.62. The molecule has 0 aliphatic heterocycles. The van der Waals surface area contributed by atoms with Gasteiger partial charge in [-0.2, -0.15) is 0 Å². The van der Waals surface area contributed by atoms with Crippen LogP contribution in [-0.2, 0) is 6.54 Å². The zero-order valence-corrected chi connectivity index (χ0v) is 11.2. The molecule has 0 unspecified atom stereocenters. The first-order valence-electron chi connectivity index (χ1n) is 6.60. The quantitative estimate of drug-likeness (QED) is 0.773. The van der Waals surface area contributed by atoms with Crippen molar-refractivity contribution < 1.29 is 4.74 Å². The van der Waals surface area contributed by atoms with Crippen molar-refractivity contribution in [3.05, 3.63) is 48.5 Å². The predicted molar refractivity (Wildman–Crippen MR) is 76.2 cm³/mol. The largest absolute Gasteiger partial charge is 0.494 e. The number of nitrogens with zero attached hydrogens (tertiary/aromatic N) is 2. The molecule has 0 bridgehead atoms. The summed E-state index contributed by atoms with van der Waals surface area (Å²) in [5, 5.41) is 3.30. The van der Waals surface area contributed by atoms with Gasteiger partial charge in [0.15, 0.2) is 0 Å². The van der Waals surface area contributed by atoms with Gasteiger partial charge in [0.1, 0.15) is 5.75 Å². The van der Waals surface area contributed by atoms with Gasteiger partial charge in [0.25, 0.3) is 0 Å². The Morgan fingerprint density at radius 3 is 2.68 bits per heavy atom. The van der Waals surface area contributed by atoms with Crippen LogP contribution in [0.5, 0.6) is 5.75 Å². The average molecular weight is 257 g/mol. The van der Waals surface area contributed by atoms with Crippen molar-refractivity contribution in [3.8, 4) is 5.75 Å². The first kappa shape index (κ1) is 13.3. The zero-order chi connectivity index (χ0) is 13.3. The highest BCUT2D eigenvalue weighted by atomic mass is 16.5. The predicted octanol–water partition coefficient (Wildman–Crippen LogP) is 3.27. The van der Waals surface area contributed by atoms with Crippen molar-refractivity contribution in [2.75, 3.05) is 11.9 Å². The van der Waals surface area contributed by atoms with Gasteiger partial charge >= 0.3 is 0 Å². The van der Waals surface area contributed by atoms with E-state index in [2.05, 4.69) is 22.2 Å². The van der Waals surface area contributed by atoms with Gasteiger partial charge in [-0.15, -0.1) is 0 Å². The fraction of sp³-hybridized carbons (Fsp3) is 0.333. The zero-order valence-electron chi connectivity index (χ0n) is 11.2. The third-order valence-electron chi connectivity index (χ3n) is 2.71. The lowest BCUT2D eigenvalue weighted by Gasteiger charge is -2.08. The van der Waals surface area contributed by atoms with E-state index in [1.165, 1.54) is 0 Å². The van der Waals surface area contributed by atoms with Crippen LogP contribution in [0.25, 0.3) is 0 Å². The van der Waals surface area contributed by atoms with E-state index in [4.69, 9.17) is 4.74 Å². The number of ether oxygens (including phenoxy) is 1. The van der Waals surface area contributed by atoms with Gasteiger partial charge in [0.05, 0.1) is 25.0 Å². The molecular formula is C15H19N3O. The molecule has 1 heterocycles. The van der Waals surface area contributed by atoms with Crippen molar-refractivity contribution >= 4 is 5.69 Å². The number of nitrogens with one attached hydrogen (secondary N) is 1. The van der Waals surface area contributed by atoms with E-state index in [1.54, 1.807) is 18.6 Å². The highest BCUT2D eigenvalue weighted by Gasteiger charge is 1.97. The van der Waals surface area contributed by atoms with Crippen LogP contribution in [0.2, 0.25) is 0 Å². The second kappa shape index (κ2) is 7.36. The maximum Gasteiger partial charge on any atom is 0.119 e. The first-order chi connectivity index (χ1) is 9.38. The first-order valence-corrected chi connectivity index (χ1v) is 6.60. The summed E-state index contributed by atoms with van der Waals surface area (Å²) in [5.74, 6) is 0.915. The molecule has 2 aromatic rings. The van der Waals surface area contributed by atoms with E-state index in [1.807, 2.05) is 24.3 Å². The van der Waals surface area contributed by atoms with E-state index in [9.17, 15) is 0 Å². The summed E-state index contributed by atoms with van der Waals surface area (Å²) in [6, 6.07) is 7.98. The fourth-order valence-corrected chi connectivity index (χ4v) is 1.62. The van der Waals surface area contributed by atoms with Gasteiger partial charge in [0, 0.05) is 18.1 Å². The Morgan fingerprint density at radius 1 is 1.16 bits per heavy atom. The van der Waals surface area contributed by atoms with Crippen LogP contribution in [0.3, 0.4) is 0 Å². The molecule has 0 saturated carbocycles. The molecule has 4 nitrogen and oxygen atoms in total.